The molecule has 0 amide bonds. The van der Waals surface area contributed by atoms with Crippen LogP contribution in [0.2, 0.25) is 0 Å². The molecule has 0 heterocycles. The number of esters is 1. The van der Waals surface area contributed by atoms with Crippen LogP contribution >= 0.6 is 0 Å². The van der Waals surface area contributed by atoms with Gasteiger partial charge in [-0.3, -0.25) is 0 Å². The lowest BCUT2D eigenvalue weighted by Crippen LogP contribution is -2.16. The molecule has 0 rings (SSSR count). The van der Waals surface area contributed by atoms with Crippen molar-refractivity contribution in [3.63, 3.8) is 0 Å². The highest BCUT2D eigenvalue weighted by Gasteiger charge is 1.89. The van der Waals surface area contributed by atoms with Crippen molar-refractivity contribution in [1.29, 1.82) is 0 Å². The standard InChI is InChI=1S/C10H19NO4/c1-3-14-8-9-15-7-6-11-5-4-10(12)13-2/h4-5,11H,3,6-9H2,1-2H3/b5-4+. The van der Waals surface area contributed by atoms with E-state index in [-0.39, 0.29) is 5.97 Å². The Morgan fingerprint density at radius 2 is 2.00 bits per heavy atom. The normalized spacial score (nSPS) is 10.5. The Kier molecular flexibility index (Phi) is 10.2. The number of hydrogen-bond donors (Lipinski definition) is 1. The summed E-state index contributed by atoms with van der Waals surface area (Å²) in [4.78, 5) is 10.6. The molecule has 0 aliphatic rings. The number of hydrogen-bond acceptors (Lipinski definition) is 5. The Bertz CT molecular complexity index is 182. The number of rotatable bonds is 9. The molecule has 0 fully saturated rings. The Hall–Kier alpha value is -1.07. The summed E-state index contributed by atoms with van der Waals surface area (Å²) in [5.41, 5.74) is 0. The van der Waals surface area contributed by atoms with Crippen LogP contribution in [-0.2, 0) is 19.0 Å². The zero-order valence-electron chi connectivity index (χ0n) is 9.32. The van der Waals surface area contributed by atoms with Crippen LogP contribution in [0.15, 0.2) is 12.3 Å². The van der Waals surface area contributed by atoms with Crippen molar-refractivity contribution >= 4 is 5.97 Å². The highest BCUT2D eigenvalue weighted by Crippen LogP contribution is 1.78. The molecule has 0 aliphatic carbocycles. The van der Waals surface area contributed by atoms with E-state index in [1.54, 1.807) is 0 Å². The molecule has 0 atom stereocenters. The summed E-state index contributed by atoms with van der Waals surface area (Å²) in [6.07, 6.45) is 2.86. The lowest BCUT2D eigenvalue weighted by atomic mass is 10.6. The molecule has 0 unspecified atom stereocenters. The van der Waals surface area contributed by atoms with Crippen LogP contribution in [0.25, 0.3) is 0 Å². The first kappa shape index (κ1) is 13.9. The summed E-state index contributed by atoms with van der Waals surface area (Å²) in [5.74, 6) is -0.375. The Balaban J connectivity index is 3.11. The zero-order valence-corrected chi connectivity index (χ0v) is 9.32. The third-order valence-corrected chi connectivity index (χ3v) is 1.51. The molecule has 0 bridgehead atoms. The van der Waals surface area contributed by atoms with E-state index >= 15 is 0 Å². The van der Waals surface area contributed by atoms with Crippen LogP contribution in [0.4, 0.5) is 0 Å². The maximum atomic E-state index is 10.6. The Labute approximate surface area is 90.4 Å². The molecule has 5 nitrogen and oxygen atoms in total. The molecule has 0 spiro atoms. The first-order valence-electron chi connectivity index (χ1n) is 4.94. The molecule has 5 heteroatoms. The SMILES string of the molecule is CCOCCOCCN/C=C/C(=O)OC. The van der Waals surface area contributed by atoms with Crippen molar-refractivity contribution in [2.24, 2.45) is 0 Å². The second-order valence-electron chi connectivity index (χ2n) is 2.62. The molecule has 0 saturated heterocycles. The quantitative estimate of drug-likeness (QED) is 0.342. The monoisotopic (exact) mass is 217 g/mol. The minimum absolute atomic E-state index is 0.375. The number of carbonyl (C=O) groups excluding carboxylic acids is 1. The second-order valence-corrected chi connectivity index (χ2v) is 2.62. The zero-order chi connectivity index (χ0) is 11.4. The second kappa shape index (κ2) is 11.0. The van der Waals surface area contributed by atoms with E-state index in [2.05, 4.69) is 10.1 Å². The van der Waals surface area contributed by atoms with Gasteiger partial charge < -0.3 is 19.5 Å². The average molecular weight is 217 g/mol. The third kappa shape index (κ3) is 10.9. The molecule has 1 N–H and O–H groups in total. The molecule has 0 radical (unpaired) electrons. The maximum absolute atomic E-state index is 10.6. The fourth-order valence-electron chi connectivity index (χ4n) is 0.774. The number of carbonyl (C=O) groups is 1. The van der Waals surface area contributed by atoms with E-state index < -0.39 is 0 Å². The van der Waals surface area contributed by atoms with Crippen molar-refractivity contribution < 1.29 is 19.0 Å². The van der Waals surface area contributed by atoms with Gasteiger partial charge in [-0.2, -0.15) is 0 Å². The maximum Gasteiger partial charge on any atom is 0.331 e. The van der Waals surface area contributed by atoms with Crippen LogP contribution in [-0.4, -0.2) is 46.1 Å². The van der Waals surface area contributed by atoms with E-state index in [4.69, 9.17) is 9.47 Å². The molecule has 15 heavy (non-hydrogen) atoms. The predicted molar refractivity (Wildman–Crippen MR) is 56.5 cm³/mol. The summed E-state index contributed by atoms with van der Waals surface area (Å²) < 4.78 is 14.7. The molecule has 0 saturated carbocycles. The van der Waals surface area contributed by atoms with Crippen molar-refractivity contribution in [2.75, 3.05) is 40.1 Å². The molecule has 0 aromatic carbocycles. The van der Waals surface area contributed by atoms with Gasteiger partial charge in [-0.25, -0.2) is 4.79 Å². The van der Waals surface area contributed by atoms with E-state index in [1.165, 1.54) is 19.4 Å². The summed E-state index contributed by atoms with van der Waals surface area (Å²) in [6, 6.07) is 0. The molecule has 0 aromatic rings. The van der Waals surface area contributed by atoms with Gasteiger partial charge in [-0.1, -0.05) is 0 Å². The fourth-order valence-corrected chi connectivity index (χ4v) is 0.774. The fraction of sp³-hybridized carbons (Fsp3) is 0.700. The first-order valence-corrected chi connectivity index (χ1v) is 4.94. The van der Waals surface area contributed by atoms with Crippen molar-refractivity contribution in [2.45, 2.75) is 6.92 Å². The number of methoxy groups -OCH3 is 1. The van der Waals surface area contributed by atoms with Crippen molar-refractivity contribution in [1.82, 2.24) is 5.32 Å². The van der Waals surface area contributed by atoms with E-state index in [0.29, 0.717) is 33.0 Å². The van der Waals surface area contributed by atoms with Gasteiger partial charge in [0.25, 0.3) is 0 Å². The van der Waals surface area contributed by atoms with E-state index in [1.807, 2.05) is 6.92 Å². The number of ether oxygens (including phenoxy) is 3. The lowest BCUT2D eigenvalue weighted by molar-refractivity contribution is -0.134. The lowest BCUT2D eigenvalue weighted by Gasteiger charge is -2.03. The summed E-state index contributed by atoms with van der Waals surface area (Å²) in [7, 11) is 1.34. The Morgan fingerprint density at radius 3 is 2.67 bits per heavy atom. The van der Waals surface area contributed by atoms with Crippen LogP contribution in [0.1, 0.15) is 6.92 Å². The van der Waals surface area contributed by atoms with Crippen LogP contribution in [0, 0.1) is 0 Å². The van der Waals surface area contributed by atoms with Gasteiger partial charge in [0.05, 0.1) is 26.9 Å². The first-order chi connectivity index (χ1) is 7.31. The van der Waals surface area contributed by atoms with Gasteiger partial charge in [0, 0.05) is 25.4 Å². The van der Waals surface area contributed by atoms with E-state index in [9.17, 15) is 4.79 Å². The minimum Gasteiger partial charge on any atom is -0.466 e. The molecule has 0 aromatic heterocycles. The summed E-state index contributed by atoms with van der Waals surface area (Å²) in [5, 5.41) is 2.89. The minimum atomic E-state index is -0.375. The van der Waals surface area contributed by atoms with Crippen molar-refractivity contribution in [3.8, 4) is 0 Å². The highest BCUT2D eigenvalue weighted by atomic mass is 16.5. The third-order valence-electron chi connectivity index (χ3n) is 1.51. The predicted octanol–water partition coefficient (Wildman–Crippen LogP) is 0.316. The molecular formula is C10H19NO4. The summed E-state index contributed by atoms with van der Waals surface area (Å²) >= 11 is 0. The average Bonchev–Trinajstić information content (AvgIpc) is 2.26. The molecular weight excluding hydrogens is 198 g/mol. The van der Waals surface area contributed by atoms with Crippen molar-refractivity contribution in [3.05, 3.63) is 12.3 Å². The largest absolute Gasteiger partial charge is 0.466 e. The van der Waals surface area contributed by atoms with Crippen LogP contribution in [0.3, 0.4) is 0 Å². The van der Waals surface area contributed by atoms with Crippen LogP contribution in [0.5, 0.6) is 0 Å². The van der Waals surface area contributed by atoms with Gasteiger partial charge in [0.2, 0.25) is 0 Å². The number of nitrogens with one attached hydrogen (secondary N) is 1. The van der Waals surface area contributed by atoms with Crippen LogP contribution < -0.4 is 5.32 Å². The van der Waals surface area contributed by atoms with Gasteiger partial charge in [-0.15, -0.1) is 0 Å². The Morgan fingerprint density at radius 1 is 1.27 bits per heavy atom. The van der Waals surface area contributed by atoms with Gasteiger partial charge >= 0.3 is 5.97 Å². The molecule has 0 aliphatic heterocycles. The van der Waals surface area contributed by atoms with Gasteiger partial charge in [0.1, 0.15) is 0 Å². The highest BCUT2D eigenvalue weighted by molar-refractivity contribution is 5.81. The van der Waals surface area contributed by atoms with Gasteiger partial charge in [-0.05, 0) is 6.92 Å². The van der Waals surface area contributed by atoms with Gasteiger partial charge in [0.15, 0.2) is 0 Å². The topological polar surface area (TPSA) is 56.8 Å². The smallest absolute Gasteiger partial charge is 0.331 e. The molecule has 88 valence electrons. The summed E-state index contributed by atoms with van der Waals surface area (Å²) in [6.45, 7) is 5.10. The van der Waals surface area contributed by atoms with E-state index in [0.717, 1.165) is 0 Å².